The van der Waals surface area contributed by atoms with Gasteiger partial charge in [-0.1, -0.05) is 0 Å². The number of alkyl halides is 1. The second-order valence-electron chi connectivity index (χ2n) is 3.90. The fourth-order valence-electron chi connectivity index (χ4n) is 1.49. The van der Waals surface area contributed by atoms with Gasteiger partial charge in [0, 0.05) is 12.6 Å². The summed E-state index contributed by atoms with van der Waals surface area (Å²) in [5.41, 5.74) is -2.56. The largest absolute Gasteiger partial charge is 0.478 e. The summed E-state index contributed by atoms with van der Waals surface area (Å²) in [5.74, 6) is -1.75. The van der Waals surface area contributed by atoms with Crippen molar-refractivity contribution in [2.75, 3.05) is 17.7 Å². The molecule has 1 aromatic rings. The Morgan fingerprint density at radius 3 is 2.38 bits per heavy atom. The molecule has 3 N–H and O–H groups in total. The van der Waals surface area contributed by atoms with E-state index in [1.807, 2.05) is 0 Å². The molecule has 0 aliphatic heterocycles. The summed E-state index contributed by atoms with van der Waals surface area (Å²) in [4.78, 5) is 30.9. The number of carboxylic acids is 1. The van der Waals surface area contributed by atoms with E-state index in [1.54, 1.807) is 0 Å². The van der Waals surface area contributed by atoms with E-state index in [4.69, 9.17) is 16.7 Å². The van der Waals surface area contributed by atoms with Gasteiger partial charge in [-0.2, -0.15) is 0 Å². The molecular weight excluding hydrogens is 310 g/mol. The Kier molecular flexibility index (Phi) is 5.38. The van der Waals surface area contributed by atoms with Crippen LogP contribution >= 0.6 is 11.6 Å². The van der Waals surface area contributed by atoms with Crippen LogP contribution < -0.4 is 5.32 Å². The predicted octanol–water partition coefficient (Wildman–Crippen LogP) is 1.21. The van der Waals surface area contributed by atoms with Crippen LogP contribution in [0, 0.1) is 20.2 Å². The molecule has 114 valence electrons. The molecule has 1 rings (SSSR count). The third kappa shape index (κ3) is 4.00. The van der Waals surface area contributed by atoms with E-state index in [0.717, 1.165) is 0 Å². The van der Waals surface area contributed by atoms with E-state index in [9.17, 15) is 30.1 Å². The van der Waals surface area contributed by atoms with Gasteiger partial charge in [0.05, 0.1) is 33.5 Å². The quantitative estimate of drug-likeness (QED) is 0.384. The number of halogens is 1. The van der Waals surface area contributed by atoms with Crippen molar-refractivity contribution in [2.45, 2.75) is 6.10 Å². The predicted molar refractivity (Wildman–Crippen MR) is 71.9 cm³/mol. The summed E-state index contributed by atoms with van der Waals surface area (Å²) < 4.78 is 0. The van der Waals surface area contributed by atoms with Crippen LogP contribution in [0.4, 0.5) is 17.1 Å². The summed E-state index contributed by atoms with van der Waals surface area (Å²) in [5, 5.41) is 42.3. The Labute approximate surface area is 122 Å². The Balaban J connectivity index is 3.39. The van der Waals surface area contributed by atoms with Crippen LogP contribution in [0.2, 0.25) is 0 Å². The first-order valence-corrected chi connectivity index (χ1v) is 5.99. The number of non-ortho nitro benzene ring substituents is 1. The van der Waals surface area contributed by atoms with Crippen molar-refractivity contribution in [2.24, 2.45) is 0 Å². The molecule has 0 aliphatic carbocycles. The first-order valence-electron chi connectivity index (χ1n) is 5.46. The zero-order chi connectivity index (χ0) is 16.2. The molecule has 21 heavy (non-hydrogen) atoms. The van der Waals surface area contributed by atoms with Crippen LogP contribution in [-0.2, 0) is 0 Å². The second kappa shape index (κ2) is 6.81. The number of aromatic carboxylic acids is 1. The maximum atomic E-state index is 11.1. The maximum absolute atomic E-state index is 11.1. The molecule has 11 heteroatoms. The van der Waals surface area contributed by atoms with Crippen molar-refractivity contribution in [3.8, 4) is 0 Å². The average Bonchev–Trinajstić information content (AvgIpc) is 2.43. The lowest BCUT2D eigenvalue weighted by molar-refractivity contribution is -0.393. The number of nitro benzene ring substituents is 2. The number of hydrogen-bond donors (Lipinski definition) is 3. The van der Waals surface area contributed by atoms with E-state index in [0.29, 0.717) is 12.1 Å². The van der Waals surface area contributed by atoms with Crippen molar-refractivity contribution in [1.29, 1.82) is 0 Å². The molecular formula is C10H10ClN3O7. The summed E-state index contributed by atoms with van der Waals surface area (Å²) in [6, 6.07) is 1.34. The van der Waals surface area contributed by atoms with Crippen LogP contribution in [0.1, 0.15) is 10.4 Å². The monoisotopic (exact) mass is 319 g/mol. The molecule has 0 fully saturated rings. The lowest BCUT2D eigenvalue weighted by Gasteiger charge is -2.12. The minimum absolute atomic E-state index is 0.170. The summed E-state index contributed by atoms with van der Waals surface area (Å²) in [6.45, 7) is -0.248. The molecule has 1 unspecified atom stereocenters. The number of benzene rings is 1. The van der Waals surface area contributed by atoms with Gasteiger partial charge < -0.3 is 15.5 Å². The number of carbonyl (C=O) groups is 1. The van der Waals surface area contributed by atoms with Crippen LogP contribution in [0.25, 0.3) is 0 Å². The molecule has 0 spiro atoms. The zero-order valence-corrected chi connectivity index (χ0v) is 11.1. The van der Waals surface area contributed by atoms with Gasteiger partial charge in [-0.05, 0) is 0 Å². The smallest absolute Gasteiger partial charge is 0.338 e. The highest BCUT2D eigenvalue weighted by atomic mass is 35.5. The number of aliphatic hydroxyl groups excluding tert-OH is 1. The van der Waals surface area contributed by atoms with Crippen molar-refractivity contribution in [3.63, 3.8) is 0 Å². The fraction of sp³-hybridized carbons (Fsp3) is 0.300. The zero-order valence-electron chi connectivity index (χ0n) is 10.4. The minimum atomic E-state index is -1.58. The van der Waals surface area contributed by atoms with E-state index in [-0.39, 0.29) is 12.4 Å². The Hall–Kier alpha value is -2.46. The van der Waals surface area contributed by atoms with E-state index >= 15 is 0 Å². The Bertz CT molecular complexity index is 557. The Morgan fingerprint density at radius 1 is 1.33 bits per heavy atom. The van der Waals surface area contributed by atoms with Gasteiger partial charge in [0.2, 0.25) is 0 Å². The van der Waals surface area contributed by atoms with Gasteiger partial charge in [-0.25, -0.2) is 4.79 Å². The highest BCUT2D eigenvalue weighted by Gasteiger charge is 2.27. The maximum Gasteiger partial charge on any atom is 0.338 e. The summed E-state index contributed by atoms with van der Waals surface area (Å²) >= 11 is 5.36. The van der Waals surface area contributed by atoms with Crippen LogP contribution in [0.5, 0.6) is 0 Å². The van der Waals surface area contributed by atoms with E-state index < -0.39 is 44.5 Å². The van der Waals surface area contributed by atoms with Gasteiger partial charge in [0.1, 0.15) is 5.69 Å². The topological polar surface area (TPSA) is 156 Å². The SMILES string of the molecule is O=C(O)c1cc([N+](=O)[O-])cc([N+](=O)[O-])c1NCC(O)CCl. The highest BCUT2D eigenvalue weighted by Crippen LogP contribution is 2.33. The molecule has 0 saturated heterocycles. The van der Waals surface area contributed by atoms with Crippen molar-refractivity contribution in [1.82, 2.24) is 0 Å². The standard InChI is InChI=1S/C10H10ClN3O7/c11-3-6(15)4-12-9-7(10(16)17)1-5(13(18)19)2-8(9)14(20)21/h1-2,6,12,15H,3-4H2,(H,16,17). The van der Waals surface area contributed by atoms with Gasteiger partial charge in [0.25, 0.3) is 11.4 Å². The molecule has 10 nitrogen and oxygen atoms in total. The van der Waals surface area contributed by atoms with E-state index in [2.05, 4.69) is 5.32 Å². The van der Waals surface area contributed by atoms with Gasteiger partial charge in [-0.3, -0.25) is 20.2 Å². The third-order valence-electron chi connectivity index (χ3n) is 2.43. The number of hydrogen-bond acceptors (Lipinski definition) is 7. The van der Waals surface area contributed by atoms with Crippen LogP contribution in [0.15, 0.2) is 12.1 Å². The molecule has 0 radical (unpaired) electrons. The lowest BCUT2D eigenvalue weighted by Crippen LogP contribution is -2.22. The number of nitrogens with zero attached hydrogens (tertiary/aromatic N) is 2. The number of aliphatic hydroxyl groups is 1. The summed E-state index contributed by atoms with van der Waals surface area (Å²) in [7, 11) is 0. The molecule has 0 heterocycles. The van der Waals surface area contributed by atoms with Crippen molar-refractivity contribution < 1.29 is 24.9 Å². The molecule has 0 aliphatic rings. The first-order chi connectivity index (χ1) is 9.77. The van der Waals surface area contributed by atoms with Gasteiger partial charge in [-0.15, -0.1) is 11.6 Å². The summed E-state index contributed by atoms with van der Waals surface area (Å²) in [6.07, 6.45) is -1.07. The normalized spacial score (nSPS) is 11.7. The highest BCUT2D eigenvalue weighted by molar-refractivity contribution is 6.18. The molecule has 0 amide bonds. The number of anilines is 1. The minimum Gasteiger partial charge on any atom is -0.478 e. The fourth-order valence-corrected chi connectivity index (χ4v) is 1.60. The third-order valence-corrected chi connectivity index (χ3v) is 2.79. The van der Waals surface area contributed by atoms with Crippen LogP contribution in [0.3, 0.4) is 0 Å². The average molecular weight is 320 g/mol. The molecule has 0 bridgehead atoms. The molecule has 0 aromatic heterocycles. The van der Waals surface area contributed by atoms with Crippen molar-refractivity contribution >= 4 is 34.6 Å². The second-order valence-corrected chi connectivity index (χ2v) is 4.20. The number of carboxylic acid groups (broad SMARTS) is 1. The first kappa shape index (κ1) is 16.6. The number of nitrogens with one attached hydrogen (secondary N) is 1. The molecule has 1 aromatic carbocycles. The van der Waals surface area contributed by atoms with Gasteiger partial charge in [0.15, 0.2) is 0 Å². The van der Waals surface area contributed by atoms with Crippen molar-refractivity contribution in [3.05, 3.63) is 37.9 Å². The molecule has 0 saturated carbocycles. The number of nitro groups is 2. The Morgan fingerprint density at radius 2 is 1.95 bits per heavy atom. The van der Waals surface area contributed by atoms with E-state index in [1.165, 1.54) is 0 Å². The molecule has 1 atom stereocenters. The lowest BCUT2D eigenvalue weighted by atomic mass is 10.1. The van der Waals surface area contributed by atoms with Gasteiger partial charge >= 0.3 is 5.97 Å². The number of rotatable bonds is 7. The van der Waals surface area contributed by atoms with Crippen LogP contribution in [-0.4, -0.2) is 44.6 Å².